The van der Waals surface area contributed by atoms with Gasteiger partial charge in [-0.05, 0) is 64.2 Å². The lowest BCUT2D eigenvalue weighted by Crippen LogP contribution is -2.44. The van der Waals surface area contributed by atoms with Crippen LogP contribution in [0.1, 0.15) is 23.1 Å². The molecule has 0 unspecified atom stereocenters. The van der Waals surface area contributed by atoms with Gasteiger partial charge in [0.1, 0.15) is 11.8 Å². The fraction of sp³-hybridized carbons (Fsp3) is 0.219. The van der Waals surface area contributed by atoms with E-state index in [4.69, 9.17) is 20.5 Å². The van der Waals surface area contributed by atoms with E-state index in [9.17, 15) is 36.5 Å². The summed E-state index contributed by atoms with van der Waals surface area (Å²) in [6.45, 7) is 0.520. The molecule has 13 nitrogen and oxygen atoms in total. The van der Waals surface area contributed by atoms with Gasteiger partial charge in [-0.2, -0.15) is 22.6 Å². The average Bonchev–Trinajstić information content (AvgIpc) is 3.41. The molecule has 1 fully saturated rings. The van der Waals surface area contributed by atoms with E-state index >= 15 is 0 Å². The Morgan fingerprint density at radius 2 is 1.76 bits per heavy atom. The molecule has 3 N–H and O–H groups in total. The Labute approximate surface area is 278 Å². The summed E-state index contributed by atoms with van der Waals surface area (Å²) in [4.78, 5) is 34.9. The summed E-state index contributed by atoms with van der Waals surface area (Å²) in [5.41, 5.74) is 2.05. The van der Waals surface area contributed by atoms with Gasteiger partial charge in [-0.1, -0.05) is 42.5 Å². The Balaban J connectivity index is 0.000000698. The normalized spacial score (nSPS) is 15.0. The molecule has 4 aromatic rings. The molecular formula is C32H30F3N5O8S. The van der Waals surface area contributed by atoms with Crippen LogP contribution in [-0.4, -0.2) is 71.6 Å². The summed E-state index contributed by atoms with van der Waals surface area (Å²) in [6, 6.07) is 22.3. The number of nitro benzene ring substituents is 1. The molecule has 0 saturated carbocycles. The molecular weight excluding hydrogens is 671 g/mol. The van der Waals surface area contributed by atoms with E-state index in [1.54, 1.807) is 29.2 Å². The highest BCUT2D eigenvalue weighted by Crippen LogP contribution is 2.31. The number of carboxylic acid groups (broad SMARTS) is 1. The Morgan fingerprint density at radius 3 is 2.37 bits per heavy atom. The Kier molecular flexibility index (Phi) is 11.2. The highest BCUT2D eigenvalue weighted by Gasteiger charge is 2.42. The van der Waals surface area contributed by atoms with E-state index in [2.05, 4.69) is 5.10 Å². The van der Waals surface area contributed by atoms with Crippen molar-refractivity contribution in [1.29, 1.82) is 0 Å². The molecule has 1 amide bonds. The molecule has 49 heavy (non-hydrogen) atoms. The second kappa shape index (κ2) is 15.1. The number of nitrogens with zero attached hydrogens (tertiary/aromatic N) is 4. The smallest absolute Gasteiger partial charge is 0.490 e. The third-order valence-corrected chi connectivity index (χ3v) is 9.37. The number of amides is 1. The van der Waals surface area contributed by atoms with Crippen LogP contribution in [0, 0.1) is 10.1 Å². The van der Waals surface area contributed by atoms with E-state index in [1.807, 2.05) is 30.3 Å². The van der Waals surface area contributed by atoms with Crippen molar-refractivity contribution < 1.29 is 45.9 Å². The molecule has 1 saturated heterocycles. The minimum Gasteiger partial charge on any atom is -0.497 e. The lowest BCUT2D eigenvalue weighted by Gasteiger charge is -2.28. The largest absolute Gasteiger partial charge is 0.497 e. The Bertz CT molecular complexity index is 1990. The monoisotopic (exact) mass is 701 g/mol. The number of nitro groups is 1. The lowest BCUT2D eigenvalue weighted by atomic mass is 10.1. The molecule has 0 aliphatic carbocycles. The number of carbonyl (C=O) groups excluding carboxylic acids is 1. The van der Waals surface area contributed by atoms with Gasteiger partial charge in [0.2, 0.25) is 15.9 Å². The van der Waals surface area contributed by atoms with Crippen molar-refractivity contribution in [3.05, 3.63) is 112 Å². The molecule has 1 aliphatic rings. The van der Waals surface area contributed by atoms with Crippen LogP contribution in [0.25, 0.3) is 10.8 Å². The first-order chi connectivity index (χ1) is 23.1. The lowest BCUT2D eigenvalue weighted by molar-refractivity contribution is -0.384. The molecule has 1 atom stereocenters. The van der Waals surface area contributed by atoms with Crippen molar-refractivity contribution in [2.24, 2.45) is 10.9 Å². The minimum absolute atomic E-state index is 0.0326. The topological polar surface area (TPSA) is 186 Å². The zero-order valence-corrected chi connectivity index (χ0v) is 26.6. The van der Waals surface area contributed by atoms with E-state index < -0.39 is 33.1 Å². The standard InChI is InChI=1S/C30H29N5O6S.C2HF3O2/c1-41-27-11-7-24-8-12-28(17-25(24)16-27)42(39,40)34(20-21-5-9-26(10-6-21)35(37)38)29-13-14-33(30(29)36)19-23-4-2-3-22(15-23)18-32-31;3-2(4,5)1(6)7/h2-12,15-18,29H,13-14,19-20,31H2,1H3;(H,6,7)/t29-;/m0./s1. The van der Waals surface area contributed by atoms with Gasteiger partial charge in [0.15, 0.2) is 0 Å². The molecule has 0 bridgehead atoms. The molecule has 258 valence electrons. The number of hydrazone groups is 1. The number of aliphatic carboxylic acids is 1. The second-order valence-corrected chi connectivity index (χ2v) is 12.6. The van der Waals surface area contributed by atoms with Gasteiger partial charge in [0.25, 0.3) is 5.69 Å². The highest BCUT2D eigenvalue weighted by atomic mass is 32.2. The number of sulfonamides is 1. The minimum atomic E-state index is -5.08. The number of carbonyl (C=O) groups is 2. The molecule has 17 heteroatoms. The predicted octanol–water partition coefficient (Wildman–Crippen LogP) is 4.67. The van der Waals surface area contributed by atoms with Crippen LogP contribution in [0.4, 0.5) is 18.9 Å². The van der Waals surface area contributed by atoms with E-state index in [0.29, 0.717) is 29.8 Å². The zero-order chi connectivity index (χ0) is 35.9. The molecule has 4 aromatic carbocycles. The van der Waals surface area contributed by atoms with Crippen LogP contribution >= 0.6 is 0 Å². The summed E-state index contributed by atoms with van der Waals surface area (Å²) in [6.07, 6.45) is -3.29. The van der Waals surface area contributed by atoms with Gasteiger partial charge in [-0.3, -0.25) is 14.9 Å². The molecule has 5 rings (SSSR count). The number of ether oxygens (including phenoxy) is 1. The van der Waals surface area contributed by atoms with Crippen molar-refractivity contribution in [2.75, 3.05) is 13.7 Å². The molecule has 0 aromatic heterocycles. The van der Waals surface area contributed by atoms with E-state index in [-0.39, 0.29) is 29.5 Å². The summed E-state index contributed by atoms with van der Waals surface area (Å²) >= 11 is 0. The molecule has 1 aliphatic heterocycles. The van der Waals surface area contributed by atoms with Gasteiger partial charge in [0.05, 0.1) is 23.1 Å². The van der Waals surface area contributed by atoms with Crippen molar-refractivity contribution in [3.8, 4) is 5.75 Å². The maximum Gasteiger partial charge on any atom is 0.490 e. The third-order valence-electron chi connectivity index (χ3n) is 7.52. The highest BCUT2D eigenvalue weighted by molar-refractivity contribution is 7.89. The van der Waals surface area contributed by atoms with Crippen LogP contribution in [0.15, 0.2) is 94.9 Å². The number of carboxylic acids is 1. The third kappa shape index (κ3) is 8.88. The number of non-ortho nitro benzene ring substituents is 1. The average molecular weight is 702 g/mol. The summed E-state index contributed by atoms with van der Waals surface area (Å²) in [5, 5.41) is 23.3. The molecule has 0 spiro atoms. The summed E-state index contributed by atoms with van der Waals surface area (Å²) in [5.74, 6) is 2.78. The zero-order valence-electron chi connectivity index (χ0n) is 25.8. The number of nitrogens with two attached hydrogens (primary N) is 1. The van der Waals surface area contributed by atoms with Crippen LogP contribution in [0.2, 0.25) is 0 Å². The van der Waals surface area contributed by atoms with Crippen LogP contribution in [0.3, 0.4) is 0 Å². The maximum atomic E-state index is 14.2. The van der Waals surface area contributed by atoms with Gasteiger partial charge in [-0.25, -0.2) is 13.2 Å². The summed E-state index contributed by atoms with van der Waals surface area (Å²) < 4.78 is 66.7. The number of hydrogen-bond donors (Lipinski definition) is 2. The quantitative estimate of drug-likeness (QED) is 0.103. The number of halogens is 3. The van der Waals surface area contributed by atoms with Crippen molar-refractivity contribution >= 4 is 44.6 Å². The number of methoxy groups -OCH3 is 1. The maximum absolute atomic E-state index is 14.2. The fourth-order valence-corrected chi connectivity index (χ4v) is 6.75. The fourth-order valence-electron chi connectivity index (χ4n) is 5.12. The number of benzene rings is 4. The summed E-state index contributed by atoms with van der Waals surface area (Å²) in [7, 11) is -2.65. The first kappa shape index (κ1) is 36.3. The van der Waals surface area contributed by atoms with Gasteiger partial charge >= 0.3 is 12.1 Å². The Hall–Kier alpha value is -5.55. The van der Waals surface area contributed by atoms with E-state index in [1.165, 1.54) is 48.0 Å². The van der Waals surface area contributed by atoms with Gasteiger partial charge in [0, 0.05) is 31.8 Å². The first-order valence-electron chi connectivity index (χ1n) is 14.4. The predicted molar refractivity (Wildman–Crippen MR) is 172 cm³/mol. The second-order valence-electron chi connectivity index (χ2n) is 10.7. The van der Waals surface area contributed by atoms with Crippen molar-refractivity contribution in [3.63, 3.8) is 0 Å². The van der Waals surface area contributed by atoms with Gasteiger partial charge in [-0.15, -0.1) is 0 Å². The number of rotatable bonds is 10. The number of alkyl halides is 3. The SMILES string of the molecule is COc1ccc2ccc(S(=O)(=O)N(Cc3ccc([N+](=O)[O-])cc3)[C@H]3CCN(Cc4cccc(C=NN)c4)C3=O)cc2c1.O=C(O)C(F)(F)F. The molecule has 0 radical (unpaired) electrons. The van der Waals surface area contributed by atoms with E-state index in [0.717, 1.165) is 16.5 Å². The first-order valence-corrected chi connectivity index (χ1v) is 15.8. The van der Waals surface area contributed by atoms with Crippen LogP contribution in [0.5, 0.6) is 5.75 Å². The van der Waals surface area contributed by atoms with Crippen LogP contribution < -0.4 is 10.6 Å². The van der Waals surface area contributed by atoms with Crippen molar-refractivity contribution in [1.82, 2.24) is 9.21 Å². The number of fused-ring (bicyclic) bond motifs is 1. The Morgan fingerprint density at radius 1 is 1.08 bits per heavy atom. The number of likely N-dealkylation sites (tertiary alicyclic amines) is 1. The van der Waals surface area contributed by atoms with Gasteiger partial charge < -0.3 is 20.6 Å². The number of hydrogen-bond acceptors (Lipinski definition) is 9. The van der Waals surface area contributed by atoms with Crippen molar-refractivity contribution in [2.45, 2.75) is 36.6 Å². The molecule has 1 heterocycles. The van der Waals surface area contributed by atoms with Crippen LogP contribution in [-0.2, 0) is 32.7 Å².